The number of nitrogens with one attached hydrogen (secondary N) is 2. The molecular formula is C6H7N3O3. The second-order valence-corrected chi connectivity index (χ2v) is 2.09. The first-order valence-corrected chi connectivity index (χ1v) is 3.20. The van der Waals surface area contributed by atoms with E-state index in [4.69, 9.17) is 0 Å². The Morgan fingerprint density at radius 1 is 1.67 bits per heavy atom. The third-order valence-electron chi connectivity index (χ3n) is 1.34. The Morgan fingerprint density at radius 3 is 2.75 bits per heavy atom. The molecular weight excluding hydrogens is 162 g/mol. The number of H-pyrrole nitrogens is 1. The quantitative estimate of drug-likeness (QED) is 0.492. The molecule has 1 amide bonds. The fraction of sp³-hybridized carbons (Fsp3) is 0.167. The molecule has 0 aromatic carbocycles. The molecule has 6 heteroatoms. The van der Waals surface area contributed by atoms with E-state index in [0.29, 0.717) is 0 Å². The third kappa shape index (κ3) is 1.42. The van der Waals surface area contributed by atoms with Crippen LogP contribution in [0.1, 0.15) is 10.5 Å². The summed E-state index contributed by atoms with van der Waals surface area (Å²) in [6, 6.07) is 2.60. The number of aromatic nitrogens is 1. The fourth-order valence-corrected chi connectivity index (χ4v) is 0.757. The van der Waals surface area contributed by atoms with Gasteiger partial charge in [-0.25, -0.2) is 4.98 Å². The number of carbonyl (C=O) groups excluding carboxylic acids is 1. The second-order valence-electron chi connectivity index (χ2n) is 2.09. The molecule has 0 radical (unpaired) electrons. The van der Waals surface area contributed by atoms with E-state index in [1.54, 1.807) is 0 Å². The van der Waals surface area contributed by atoms with E-state index in [-0.39, 0.29) is 17.4 Å². The largest absolute Gasteiger partial charge is 0.358 e. The minimum atomic E-state index is -0.591. The van der Waals surface area contributed by atoms with Gasteiger partial charge < -0.3 is 15.4 Å². The van der Waals surface area contributed by atoms with Crippen molar-refractivity contribution in [3.8, 4) is 0 Å². The van der Waals surface area contributed by atoms with E-state index in [1.165, 1.54) is 19.2 Å². The SMILES string of the molecule is CNC(=O)c1ccc([N+](=O)[O-])[nH]1. The molecule has 0 atom stereocenters. The summed E-state index contributed by atoms with van der Waals surface area (Å²) < 4.78 is 0. The number of nitrogens with zero attached hydrogens (tertiary/aromatic N) is 1. The van der Waals surface area contributed by atoms with Crippen molar-refractivity contribution in [3.63, 3.8) is 0 Å². The standard InChI is InChI=1S/C6H7N3O3/c1-7-6(10)4-2-3-5(8-4)9(11)12/h2-3,8H,1H3,(H,7,10). The lowest BCUT2D eigenvalue weighted by molar-refractivity contribution is -0.389. The molecule has 1 aromatic heterocycles. The van der Waals surface area contributed by atoms with Gasteiger partial charge >= 0.3 is 5.82 Å². The van der Waals surface area contributed by atoms with Gasteiger partial charge in [0.05, 0.1) is 0 Å². The molecule has 6 nitrogen and oxygen atoms in total. The summed E-state index contributed by atoms with van der Waals surface area (Å²) in [6.07, 6.45) is 0. The molecule has 2 N–H and O–H groups in total. The molecule has 1 rings (SSSR count). The molecule has 64 valence electrons. The minimum Gasteiger partial charge on any atom is -0.358 e. The summed E-state index contributed by atoms with van der Waals surface area (Å²) in [4.78, 5) is 22.8. The van der Waals surface area contributed by atoms with Gasteiger partial charge in [-0.05, 0) is 11.0 Å². The van der Waals surface area contributed by atoms with E-state index in [2.05, 4.69) is 10.3 Å². The van der Waals surface area contributed by atoms with Gasteiger partial charge in [0.15, 0.2) is 5.69 Å². The van der Waals surface area contributed by atoms with Crippen LogP contribution in [-0.2, 0) is 0 Å². The Hall–Kier alpha value is -1.85. The number of amides is 1. The Balaban J connectivity index is 2.91. The maximum atomic E-state index is 10.9. The maximum Gasteiger partial charge on any atom is 0.321 e. The molecule has 0 aliphatic carbocycles. The first kappa shape index (κ1) is 8.25. The maximum absolute atomic E-state index is 10.9. The van der Waals surface area contributed by atoms with Crippen LogP contribution in [0.5, 0.6) is 0 Å². The summed E-state index contributed by atoms with van der Waals surface area (Å²) in [5.41, 5.74) is 0.184. The highest BCUT2D eigenvalue weighted by Crippen LogP contribution is 2.09. The van der Waals surface area contributed by atoms with Gasteiger partial charge in [0, 0.05) is 13.1 Å². The molecule has 0 saturated carbocycles. The zero-order chi connectivity index (χ0) is 9.14. The van der Waals surface area contributed by atoms with Gasteiger partial charge in [-0.3, -0.25) is 4.79 Å². The molecule has 0 saturated heterocycles. The van der Waals surface area contributed by atoms with Crippen molar-refractivity contribution < 1.29 is 9.72 Å². The number of carbonyl (C=O) groups is 1. The van der Waals surface area contributed by atoms with Crippen LogP contribution in [0.15, 0.2) is 12.1 Å². The molecule has 1 aromatic rings. The summed E-state index contributed by atoms with van der Waals surface area (Å²) in [7, 11) is 1.45. The summed E-state index contributed by atoms with van der Waals surface area (Å²) >= 11 is 0. The highest BCUT2D eigenvalue weighted by Gasteiger charge is 2.12. The van der Waals surface area contributed by atoms with Crippen molar-refractivity contribution in [2.24, 2.45) is 0 Å². The third-order valence-corrected chi connectivity index (χ3v) is 1.34. The van der Waals surface area contributed by atoms with Crippen molar-refractivity contribution in [1.82, 2.24) is 10.3 Å². The average Bonchev–Trinajstić information content (AvgIpc) is 2.51. The Kier molecular flexibility index (Phi) is 2.09. The summed E-state index contributed by atoms with van der Waals surface area (Å²) in [6.45, 7) is 0. The number of hydrogen-bond donors (Lipinski definition) is 2. The van der Waals surface area contributed by atoms with Crippen molar-refractivity contribution in [2.45, 2.75) is 0 Å². The summed E-state index contributed by atoms with van der Waals surface area (Å²) in [5, 5.41) is 12.5. The van der Waals surface area contributed by atoms with Crippen LogP contribution in [-0.4, -0.2) is 22.9 Å². The molecule has 0 aliphatic rings. The van der Waals surface area contributed by atoms with Crippen molar-refractivity contribution in [1.29, 1.82) is 0 Å². The van der Waals surface area contributed by atoms with E-state index in [1.807, 2.05) is 0 Å². The number of hydrogen-bond acceptors (Lipinski definition) is 3. The van der Waals surface area contributed by atoms with Crippen LogP contribution >= 0.6 is 0 Å². The zero-order valence-electron chi connectivity index (χ0n) is 6.33. The number of rotatable bonds is 2. The number of nitro groups is 1. The predicted molar refractivity (Wildman–Crippen MR) is 40.8 cm³/mol. The number of aromatic amines is 1. The van der Waals surface area contributed by atoms with E-state index < -0.39 is 4.92 Å². The molecule has 12 heavy (non-hydrogen) atoms. The van der Waals surface area contributed by atoms with Gasteiger partial charge in [-0.2, -0.15) is 0 Å². The highest BCUT2D eigenvalue weighted by atomic mass is 16.6. The average molecular weight is 169 g/mol. The minimum absolute atomic E-state index is 0.184. The normalized spacial score (nSPS) is 9.42. The van der Waals surface area contributed by atoms with Crippen molar-refractivity contribution in [2.75, 3.05) is 7.05 Å². The molecule has 0 bridgehead atoms. The molecule has 0 unspecified atom stereocenters. The molecule has 1 heterocycles. The van der Waals surface area contributed by atoms with Gasteiger partial charge in [0.25, 0.3) is 5.91 Å². The van der Waals surface area contributed by atoms with Crippen LogP contribution in [0.2, 0.25) is 0 Å². The van der Waals surface area contributed by atoms with E-state index in [9.17, 15) is 14.9 Å². The first-order chi connectivity index (χ1) is 5.65. The van der Waals surface area contributed by atoms with E-state index in [0.717, 1.165) is 0 Å². The van der Waals surface area contributed by atoms with Crippen LogP contribution in [0.4, 0.5) is 5.82 Å². The Labute approximate surface area is 67.7 Å². The molecule has 0 fully saturated rings. The first-order valence-electron chi connectivity index (χ1n) is 3.20. The highest BCUT2D eigenvalue weighted by molar-refractivity contribution is 5.92. The van der Waals surface area contributed by atoms with Gasteiger partial charge in [0.1, 0.15) is 0 Å². The lowest BCUT2D eigenvalue weighted by Crippen LogP contribution is -2.17. The van der Waals surface area contributed by atoms with Gasteiger partial charge in [-0.1, -0.05) is 0 Å². The topological polar surface area (TPSA) is 88.0 Å². The van der Waals surface area contributed by atoms with Crippen molar-refractivity contribution in [3.05, 3.63) is 27.9 Å². The zero-order valence-corrected chi connectivity index (χ0v) is 6.33. The Bertz CT molecular complexity index is 318. The Morgan fingerprint density at radius 2 is 2.33 bits per heavy atom. The second kappa shape index (κ2) is 3.04. The van der Waals surface area contributed by atoms with Crippen LogP contribution in [0.25, 0.3) is 0 Å². The predicted octanol–water partition coefficient (Wildman–Crippen LogP) is 0.282. The lowest BCUT2D eigenvalue weighted by atomic mass is 10.4. The van der Waals surface area contributed by atoms with Gasteiger partial charge in [0.2, 0.25) is 0 Å². The fourth-order valence-electron chi connectivity index (χ4n) is 0.757. The molecule has 0 spiro atoms. The van der Waals surface area contributed by atoms with Crippen LogP contribution in [0, 0.1) is 10.1 Å². The van der Waals surface area contributed by atoms with Crippen LogP contribution in [0.3, 0.4) is 0 Å². The molecule has 0 aliphatic heterocycles. The lowest BCUT2D eigenvalue weighted by Gasteiger charge is -1.90. The van der Waals surface area contributed by atoms with Crippen molar-refractivity contribution >= 4 is 11.7 Å². The van der Waals surface area contributed by atoms with E-state index >= 15 is 0 Å². The van der Waals surface area contributed by atoms with Crippen LogP contribution < -0.4 is 5.32 Å². The summed E-state index contributed by atoms with van der Waals surface area (Å²) in [5.74, 6) is -0.559. The van der Waals surface area contributed by atoms with Gasteiger partial charge in [-0.15, -0.1) is 0 Å². The monoisotopic (exact) mass is 169 g/mol. The smallest absolute Gasteiger partial charge is 0.321 e.